The number of anilines is 1. The lowest BCUT2D eigenvalue weighted by molar-refractivity contribution is -0.121. The highest BCUT2D eigenvalue weighted by molar-refractivity contribution is 5.95. The molecule has 28 heavy (non-hydrogen) atoms. The lowest BCUT2D eigenvalue weighted by Gasteiger charge is -2.37. The van der Waals surface area contributed by atoms with Crippen molar-refractivity contribution < 1.29 is 9.32 Å². The molecule has 0 bridgehead atoms. The van der Waals surface area contributed by atoms with Crippen molar-refractivity contribution in [2.75, 3.05) is 31.5 Å². The zero-order valence-corrected chi connectivity index (χ0v) is 17.4. The van der Waals surface area contributed by atoms with Gasteiger partial charge >= 0.3 is 0 Å². The summed E-state index contributed by atoms with van der Waals surface area (Å²) in [5, 5.41) is 7.23. The Bertz CT molecular complexity index is 780. The number of rotatable bonds is 7. The summed E-state index contributed by atoms with van der Waals surface area (Å²) in [4.78, 5) is 17.5. The van der Waals surface area contributed by atoms with Gasteiger partial charge in [0.05, 0.1) is 11.7 Å². The summed E-state index contributed by atoms with van der Waals surface area (Å²) in [5.74, 6) is 1.34. The van der Waals surface area contributed by atoms with Crippen molar-refractivity contribution in [1.82, 2.24) is 15.0 Å². The number of nitrogens with one attached hydrogen (secondary N) is 1. The van der Waals surface area contributed by atoms with E-state index in [-0.39, 0.29) is 11.9 Å². The summed E-state index contributed by atoms with van der Waals surface area (Å²) in [7, 11) is 0. The van der Waals surface area contributed by atoms with Gasteiger partial charge in [-0.05, 0) is 37.8 Å². The smallest absolute Gasteiger partial charge is 0.241 e. The minimum atomic E-state index is -0.151. The molecule has 1 saturated heterocycles. The second-order valence-electron chi connectivity index (χ2n) is 7.80. The van der Waals surface area contributed by atoms with Crippen LogP contribution in [0.25, 0.3) is 0 Å². The van der Waals surface area contributed by atoms with Crippen molar-refractivity contribution in [3.8, 4) is 0 Å². The summed E-state index contributed by atoms with van der Waals surface area (Å²) < 4.78 is 5.15. The predicted molar refractivity (Wildman–Crippen MR) is 111 cm³/mol. The molecule has 3 rings (SSSR count). The quantitative estimate of drug-likeness (QED) is 0.790. The van der Waals surface area contributed by atoms with Crippen LogP contribution in [0.2, 0.25) is 0 Å². The number of hydrogen-bond donors (Lipinski definition) is 1. The topological polar surface area (TPSA) is 61.6 Å². The maximum atomic E-state index is 12.9. The van der Waals surface area contributed by atoms with Crippen LogP contribution in [-0.2, 0) is 11.3 Å². The van der Waals surface area contributed by atoms with E-state index in [2.05, 4.69) is 40.2 Å². The van der Waals surface area contributed by atoms with Gasteiger partial charge in [0.1, 0.15) is 5.76 Å². The number of amides is 1. The minimum absolute atomic E-state index is 0.0660. The van der Waals surface area contributed by atoms with Crippen LogP contribution in [0.15, 0.2) is 34.9 Å². The molecule has 1 aromatic heterocycles. The van der Waals surface area contributed by atoms with E-state index in [1.807, 2.05) is 38.1 Å². The summed E-state index contributed by atoms with van der Waals surface area (Å²) in [5.41, 5.74) is 3.12. The molecule has 1 amide bonds. The largest absolute Gasteiger partial charge is 0.361 e. The second kappa shape index (κ2) is 9.34. The van der Waals surface area contributed by atoms with Gasteiger partial charge in [-0.2, -0.15) is 0 Å². The third-order valence-electron chi connectivity index (χ3n) is 5.76. The van der Waals surface area contributed by atoms with Crippen molar-refractivity contribution in [2.24, 2.45) is 0 Å². The Morgan fingerprint density at radius 3 is 2.57 bits per heavy atom. The first-order valence-corrected chi connectivity index (χ1v) is 10.3. The monoisotopic (exact) mass is 384 g/mol. The van der Waals surface area contributed by atoms with Crippen LogP contribution in [0.1, 0.15) is 50.1 Å². The number of carbonyl (C=O) groups is 1. The van der Waals surface area contributed by atoms with Gasteiger partial charge in [-0.15, -0.1) is 0 Å². The van der Waals surface area contributed by atoms with E-state index in [9.17, 15) is 4.79 Å². The summed E-state index contributed by atoms with van der Waals surface area (Å²) in [6, 6.07) is 9.97. The SMILES string of the molecule is CCC(C)c1ccccc1NC(=O)C(C)N1CCN(Cc2cc(C)on2)CC1. The molecule has 0 radical (unpaired) electrons. The molecule has 0 aliphatic carbocycles. The molecule has 2 unspecified atom stereocenters. The maximum absolute atomic E-state index is 12.9. The standard InChI is InChI=1S/C22H32N4O2/c1-5-16(2)20-8-6-7-9-21(20)23-22(27)18(4)26-12-10-25(11-13-26)15-19-14-17(3)28-24-19/h6-9,14,16,18H,5,10-13,15H2,1-4H3,(H,23,27). The first-order valence-electron chi connectivity index (χ1n) is 10.3. The van der Waals surface area contributed by atoms with Crippen LogP contribution in [0.5, 0.6) is 0 Å². The molecule has 6 heteroatoms. The molecule has 0 saturated carbocycles. The number of piperazine rings is 1. The normalized spacial score (nSPS) is 18.0. The van der Waals surface area contributed by atoms with Crippen LogP contribution in [0.4, 0.5) is 5.69 Å². The van der Waals surface area contributed by atoms with Gasteiger partial charge in [-0.3, -0.25) is 14.6 Å². The number of aryl methyl sites for hydroxylation is 1. The number of aromatic nitrogens is 1. The van der Waals surface area contributed by atoms with Crippen molar-refractivity contribution in [2.45, 2.75) is 52.6 Å². The molecule has 1 fully saturated rings. The fourth-order valence-electron chi connectivity index (χ4n) is 3.69. The van der Waals surface area contributed by atoms with Crippen molar-refractivity contribution in [3.63, 3.8) is 0 Å². The number of para-hydroxylation sites is 1. The fraction of sp³-hybridized carbons (Fsp3) is 0.545. The highest BCUT2D eigenvalue weighted by Crippen LogP contribution is 2.26. The van der Waals surface area contributed by atoms with E-state index in [0.717, 1.165) is 56.3 Å². The summed E-state index contributed by atoms with van der Waals surface area (Å²) in [6.45, 7) is 12.7. The number of benzene rings is 1. The molecule has 1 aromatic carbocycles. The van der Waals surface area contributed by atoms with Gasteiger partial charge in [-0.25, -0.2) is 0 Å². The van der Waals surface area contributed by atoms with E-state index in [0.29, 0.717) is 5.92 Å². The van der Waals surface area contributed by atoms with Crippen LogP contribution in [0.3, 0.4) is 0 Å². The van der Waals surface area contributed by atoms with Crippen molar-refractivity contribution >= 4 is 11.6 Å². The molecule has 0 spiro atoms. The van der Waals surface area contributed by atoms with Crippen LogP contribution in [0, 0.1) is 6.92 Å². The third-order valence-corrected chi connectivity index (χ3v) is 5.76. The Kier molecular flexibility index (Phi) is 6.86. The molecule has 2 heterocycles. The van der Waals surface area contributed by atoms with E-state index in [4.69, 9.17) is 4.52 Å². The summed E-state index contributed by atoms with van der Waals surface area (Å²) in [6.07, 6.45) is 1.05. The Morgan fingerprint density at radius 1 is 1.21 bits per heavy atom. The van der Waals surface area contributed by atoms with E-state index < -0.39 is 0 Å². The zero-order valence-electron chi connectivity index (χ0n) is 17.4. The number of carbonyl (C=O) groups excluding carboxylic acids is 1. The van der Waals surface area contributed by atoms with Gasteiger partial charge in [0, 0.05) is 44.5 Å². The number of nitrogens with zero attached hydrogens (tertiary/aromatic N) is 3. The van der Waals surface area contributed by atoms with Crippen LogP contribution < -0.4 is 5.32 Å². The van der Waals surface area contributed by atoms with E-state index in [1.54, 1.807) is 0 Å². The first-order chi connectivity index (χ1) is 13.5. The molecule has 1 aliphatic heterocycles. The van der Waals surface area contributed by atoms with Crippen molar-refractivity contribution in [3.05, 3.63) is 47.3 Å². The Balaban J connectivity index is 1.53. The highest BCUT2D eigenvalue weighted by Gasteiger charge is 2.26. The Labute approximate surface area is 167 Å². The summed E-state index contributed by atoms with van der Waals surface area (Å²) >= 11 is 0. The molecule has 1 N–H and O–H groups in total. The lowest BCUT2D eigenvalue weighted by atomic mass is 9.97. The molecule has 2 aromatic rings. The zero-order chi connectivity index (χ0) is 20.1. The van der Waals surface area contributed by atoms with Gasteiger partial charge in [-0.1, -0.05) is 37.2 Å². The predicted octanol–water partition coefficient (Wildman–Crippen LogP) is 3.64. The molecule has 1 aliphatic rings. The first kappa shape index (κ1) is 20.6. The van der Waals surface area contributed by atoms with E-state index >= 15 is 0 Å². The number of hydrogen-bond acceptors (Lipinski definition) is 5. The molecular weight excluding hydrogens is 352 g/mol. The lowest BCUT2D eigenvalue weighted by Crippen LogP contribution is -2.52. The van der Waals surface area contributed by atoms with Gasteiger partial charge in [0.25, 0.3) is 0 Å². The average molecular weight is 385 g/mol. The fourth-order valence-corrected chi connectivity index (χ4v) is 3.69. The van der Waals surface area contributed by atoms with Crippen LogP contribution >= 0.6 is 0 Å². The molecule has 152 valence electrons. The van der Waals surface area contributed by atoms with Gasteiger partial charge in [0.2, 0.25) is 5.91 Å². The minimum Gasteiger partial charge on any atom is -0.361 e. The van der Waals surface area contributed by atoms with E-state index in [1.165, 1.54) is 5.56 Å². The van der Waals surface area contributed by atoms with Gasteiger partial charge < -0.3 is 9.84 Å². The molecule has 6 nitrogen and oxygen atoms in total. The highest BCUT2D eigenvalue weighted by atomic mass is 16.5. The maximum Gasteiger partial charge on any atom is 0.241 e. The molecular formula is C22H32N4O2. The third kappa shape index (κ3) is 5.00. The second-order valence-corrected chi connectivity index (χ2v) is 7.80. The van der Waals surface area contributed by atoms with Crippen molar-refractivity contribution in [1.29, 1.82) is 0 Å². The average Bonchev–Trinajstić information content (AvgIpc) is 3.12. The Hall–Kier alpha value is -2.18. The molecule has 2 atom stereocenters. The Morgan fingerprint density at radius 2 is 1.93 bits per heavy atom. The van der Waals surface area contributed by atoms with Gasteiger partial charge in [0.15, 0.2) is 0 Å². The van der Waals surface area contributed by atoms with Crippen LogP contribution in [-0.4, -0.2) is 53.1 Å².